The number of rotatable bonds is 3. The number of nitrogens with zero attached hydrogens (tertiary/aromatic N) is 1. The Kier molecular flexibility index (Phi) is 5.56. The molecule has 9 heteroatoms. The molecule has 3 aliphatic rings. The predicted molar refractivity (Wildman–Crippen MR) is 107 cm³/mol. The lowest BCUT2D eigenvalue weighted by atomic mass is 9.80. The summed E-state index contributed by atoms with van der Waals surface area (Å²) < 4.78 is 46.4. The molecular weight excluding hydrogens is 397 g/mol. The molecule has 0 saturated carbocycles. The molecule has 1 aromatic carbocycles. The SMILES string of the molecule is CS(=O)(=O)NC1CC2(CCN(C(=O)C3CCNCC3)CC2)Oc2ccc(F)cc21. The van der Waals surface area contributed by atoms with Gasteiger partial charge in [-0.25, -0.2) is 17.5 Å². The van der Waals surface area contributed by atoms with Crippen molar-refractivity contribution in [2.75, 3.05) is 32.4 Å². The van der Waals surface area contributed by atoms with Crippen LogP contribution >= 0.6 is 0 Å². The molecule has 2 N–H and O–H groups in total. The van der Waals surface area contributed by atoms with Gasteiger partial charge in [0.15, 0.2) is 0 Å². The fourth-order valence-corrected chi connectivity index (χ4v) is 5.50. The number of hydrogen-bond acceptors (Lipinski definition) is 5. The highest BCUT2D eigenvalue weighted by Gasteiger charge is 2.45. The summed E-state index contributed by atoms with van der Waals surface area (Å²) in [6, 6.07) is 3.68. The lowest BCUT2D eigenvalue weighted by Crippen LogP contribution is -2.54. The minimum Gasteiger partial charge on any atom is -0.487 e. The van der Waals surface area contributed by atoms with Crippen LogP contribution in [0.2, 0.25) is 0 Å². The van der Waals surface area contributed by atoms with Crippen molar-refractivity contribution in [2.24, 2.45) is 5.92 Å². The van der Waals surface area contributed by atoms with Crippen LogP contribution in [0.3, 0.4) is 0 Å². The molecule has 3 heterocycles. The largest absolute Gasteiger partial charge is 0.487 e. The number of piperidine rings is 2. The topological polar surface area (TPSA) is 87.7 Å². The highest BCUT2D eigenvalue weighted by Crippen LogP contribution is 2.45. The van der Waals surface area contributed by atoms with Crippen molar-refractivity contribution < 1.29 is 22.3 Å². The number of nitrogens with one attached hydrogen (secondary N) is 2. The Morgan fingerprint density at radius 3 is 2.62 bits per heavy atom. The van der Waals surface area contributed by atoms with E-state index in [4.69, 9.17) is 4.74 Å². The van der Waals surface area contributed by atoms with E-state index in [0.29, 0.717) is 43.7 Å². The summed E-state index contributed by atoms with van der Waals surface area (Å²) in [5, 5.41) is 3.28. The molecule has 0 bridgehead atoms. The van der Waals surface area contributed by atoms with Crippen molar-refractivity contribution in [1.82, 2.24) is 14.9 Å². The van der Waals surface area contributed by atoms with E-state index in [-0.39, 0.29) is 11.8 Å². The normalized spacial score (nSPS) is 24.8. The minimum absolute atomic E-state index is 0.0842. The van der Waals surface area contributed by atoms with Crippen molar-refractivity contribution in [3.63, 3.8) is 0 Å². The van der Waals surface area contributed by atoms with Crippen LogP contribution in [0.25, 0.3) is 0 Å². The van der Waals surface area contributed by atoms with Crippen molar-refractivity contribution in [3.05, 3.63) is 29.6 Å². The third kappa shape index (κ3) is 4.57. The molecule has 1 aromatic rings. The zero-order valence-electron chi connectivity index (χ0n) is 16.6. The predicted octanol–water partition coefficient (Wildman–Crippen LogP) is 1.56. The first-order valence-corrected chi connectivity index (χ1v) is 12.1. The maximum absolute atomic E-state index is 13.8. The van der Waals surface area contributed by atoms with Gasteiger partial charge < -0.3 is 15.0 Å². The first kappa shape index (κ1) is 20.6. The van der Waals surface area contributed by atoms with Gasteiger partial charge in [-0.3, -0.25) is 4.79 Å². The van der Waals surface area contributed by atoms with Crippen molar-refractivity contribution >= 4 is 15.9 Å². The summed E-state index contributed by atoms with van der Waals surface area (Å²) in [5.41, 5.74) is -0.0350. The first-order chi connectivity index (χ1) is 13.7. The van der Waals surface area contributed by atoms with Gasteiger partial charge in [-0.05, 0) is 44.1 Å². The Morgan fingerprint density at radius 2 is 1.97 bits per heavy atom. The fraction of sp³-hybridized carbons (Fsp3) is 0.650. The standard InChI is InChI=1S/C20H28FN3O4S/c1-29(26,27)23-17-13-20(28-18-3-2-15(21)12-16(17)18)6-10-24(11-7-20)19(25)14-4-8-22-9-5-14/h2-3,12,14,17,22-23H,4-11,13H2,1H3. The van der Waals surface area contributed by atoms with Crippen LogP contribution < -0.4 is 14.8 Å². The number of carbonyl (C=O) groups is 1. The number of benzene rings is 1. The van der Waals surface area contributed by atoms with E-state index in [1.54, 1.807) is 6.07 Å². The van der Waals surface area contributed by atoms with Crippen LogP contribution in [0.4, 0.5) is 4.39 Å². The second-order valence-corrected chi connectivity index (χ2v) is 10.2. The Hall–Kier alpha value is -1.71. The number of halogens is 1. The smallest absolute Gasteiger partial charge is 0.225 e. The van der Waals surface area contributed by atoms with Crippen molar-refractivity contribution in [3.8, 4) is 5.75 Å². The molecule has 0 radical (unpaired) electrons. The summed E-state index contributed by atoms with van der Waals surface area (Å²) in [6.45, 7) is 2.93. The Morgan fingerprint density at radius 1 is 1.28 bits per heavy atom. The van der Waals surface area contributed by atoms with E-state index < -0.39 is 27.5 Å². The third-order valence-electron chi connectivity index (χ3n) is 6.28. The maximum Gasteiger partial charge on any atom is 0.225 e. The molecule has 4 rings (SSSR count). The van der Waals surface area contributed by atoms with E-state index in [2.05, 4.69) is 10.0 Å². The average molecular weight is 426 g/mol. The van der Waals surface area contributed by atoms with Gasteiger partial charge in [-0.2, -0.15) is 0 Å². The van der Waals surface area contributed by atoms with Gasteiger partial charge in [0.05, 0.1) is 12.3 Å². The second-order valence-electron chi connectivity index (χ2n) is 8.46. The molecule has 3 aliphatic heterocycles. The van der Waals surface area contributed by atoms with Gasteiger partial charge in [0.25, 0.3) is 0 Å². The summed E-state index contributed by atoms with van der Waals surface area (Å²) in [6.07, 6.45) is 4.53. The number of likely N-dealkylation sites (tertiary alicyclic amines) is 1. The lowest BCUT2D eigenvalue weighted by Gasteiger charge is -2.47. The van der Waals surface area contributed by atoms with E-state index in [1.165, 1.54) is 12.1 Å². The van der Waals surface area contributed by atoms with Crippen LogP contribution in [0.15, 0.2) is 18.2 Å². The van der Waals surface area contributed by atoms with Crippen molar-refractivity contribution in [2.45, 2.75) is 43.7 Å². The highest BCUT2D eigenvalue weighted by atomic mass is 32.2. The second kappa shape index (κ2) is 7.85. The molecule has 1 unspecified atom stereocenters. The lowest BCUT2D eigenvalue weighted by molar-refractivity contribution is -0.140. The molecule has 2 fully saturated rings. The monoisotopic (exact) mass is 425 g/mol. The molecule has 29 heavy (non-hydrogen) atoms. The molecule has 160 valence electrons. The van der Waals surface area contributed by atoms with Gasteiger partial charge in [0.2, 0.25) is 15.9 Å². The van der Waals surface area contributed by atoms with E-state index in [0.717, 1.165) is 32.2 Å². The number of hydrogen-bond donors (Lipinski definition) is 2. The number of amides is 1. The van der Waals surface area contributed by atoms with E-state index in [9.17, 15) is 17.6 Å². The number of sulfonamides is 1. The summed E-state index contributed by atoms with van der Waals surface area (Å²) in [4.78, 5) is 14.8. The number of carbonyl (C=O) groups excluding carboxylic acids is 1. The molecule has 7 nitrogen and oxygen atoms in total. The van der Waals surface area contributed by atoms with Crippen LogP contribution in [0.1, 0.15) is 43.7 Å². The van der Waals surface area contributed by atoms with Gasteiger partial charge in [0, 0.05) is 43.8 Å². The Bertz CT molecular complexity index is 878. The Labute approximate surface area is 171 Å². The molecule has 2 saturated heterocycles. The number of fused-ring (bicyclic) bond motifs is 1. The van der Waals surface area contributed by atoms with Crippen LogP contribution in [0.5, 0.6) is 5.75 Å². The highest BCUT2D eigenvalue weighted by molar-refractivity contribution is 7.88. The first-order valence-electron chi connectivity index (χ1n) is 10.2. The van der Waals surface area contributed by atoms with Gasteiger partial charge in [-0.1, -0.05) is 0 Å². The summed E-state index contributed by atoms with van der Waals surface area (Å²) in [5.74, 6) is 0.384. The zero-order chi connectivity index (χ0) is 20.6. The summed E-state index contributed by atoms with van der Waals surface area (Å²) in [7, 11) is -3.47. The summed E-state index contributed by atoms with van der Waals surface area (Å²) >= 11 is 0. The van der Waals surface area contributed by atoms with Crippen LogP contribution in [-0.4, -0.2) is 57.3 Å². The maximum atomic E-state index is 13.8. The van der Waals surface area contributed by atoms with Crippen molar-refractivity contribution in [1.29, 1.82) is 0 Å². The fourth-order valence-electron chi connectivity index (χ4n) is 4.77. The average Bonchev–Trinajstić information content (AvgIpc) is 2.68. The quantitative estimate of drug-likeness (QED) is 0.768. The molecule has 1 atom stereocenters. The molecular formula is C20H28FN3O4S. The molecule has 1 spiro atoms. The number of ether oxygens (including phenoxy) is 1. The van der Waals surface area contributed by atoms with Crippen LogP contribution in [0, 0.1) is 11.7 Å². The Balaban J connectivity index is 1.50. The molecule has 0 aliphatic carbocycles. The molecule has 0 aromatic heterocycles. The van der Waals surface area contributed by atoms with Gasteiger partial charge >= 0.3 is 0 Å². The third-order valence-corrected chi connectivity index (χ3v) is 6.99. The van der Waals surface area contributed by atoms with E-state index >= 15 is 0 Å². The molecule has 1 amide bonds. The zero-order valence-corrected chi connectivity index (χ0v) is 17.4. The van der Waals surface area contributed by atoms with Gasteiger partial charge in [0.1, 0.15) is 17.2 Å². The van der Waals surface area contributed by atoms with Gasteiger partial charge in [-0.15, -0.1) is 0 Å². The van der Waals surface area contributed by atoms with E-state index in [1.807, 2.05) is 4.90 Å². The van der Waals surface area contributed by atoms with Crippen LogP contribution in [-0.2, 0) is 14.8 Å². The minimum atomic E-state index is -3.47.